The molecule has 0 radical (unpaired) electrons. The SMILES string of the molecule is O=C(Cc1ccsc1)c1cc(C(F)(F)F)ccc1F. The standard InChI is InChI=1S/C13H8F4OS/c14-11-2-1-9(13(15,16)17)6-10(11)12(18)5-8-3-4-19-7-8/h1-4,6-7H,5H2. The average molecular weight is 288 g/mol. The number of halogens is 4. The molecule has 0 saturated carbocycles. The molecule has 1 nitrogen and oxygen atoms in total. The molecule has 1 heterocycles. The van der Waals surface area contributed by atoms with E-state index in [-0.39, 0.29) is 6.42 Å². The highest BCUT2D eigenvalue weighted by Gasteiger charge is 2.31. The van der Waals surface area contributed by atoms with Gasteiger partial charge in [0.15, 0.2) is 5.78 Å². The van der Waals surface area contributed by atoms with E-state index in [9.17, 15) is 22.4 Å². The summed E-state index contributed by atoms with van der Waals surface area (Å²) in [6.45, 7) is 0. The molecule has 0 amide bonds. The topological polar surface area (TPSA) is 17.1 Å². The summed E-state index contributed by atoms with van der Waals surface area (Å²) < 4.78 is 51.0. The highest BCUT2D eigenvalue weighted by molar-refractivity contribution is 7.08. The smallest absolute Gasteiger partial charge is 0.294 e. The summed E-state index contributed by atoms with van der Waals surface area (Å²) >= 11 is 1.36. The Morgan fingerprint density at radius 1 is 1.21 bits per heavy atom. The van der Waals surface area contributed by atoms with E-state index < -0.39 is 28.9 Å². The van der Waals surface area contributed by atoms with Crippen molar-refractivity contribution in [3.63, 3.8) is 0 Å². The highest BCUT2D eigenvalue weighted by atomic mass is 32.1. The molecule has 0 unspecified atom stereocenters. The lowest BCUT2D eigenvalue weighted by atomic mass is 10.0. The maximum atomic E-state index is 13.5. The molecule has 0 fully saturated rings. The summed E-state index contributed by atoms with van der Waals surface area (Å²) in [5.74, 6) is -1.60. The number of Topliss-reactive ketones (excluding diaryl/α,β-unsaturated/α-hetero) is 1. The first kappa shape index (κ1) is 13.7. The van der Waals surface area contributed by atoms with Gasteiger partial charge in [0.05, 0.1) is 11.1 Å². The van der Waals surface area contributed by atoms with E-state index in [1.807, 2.05) is 0 Å². The van der Waals surface area contributed by atoms with Crippen LogP contribution in [-0.2, 0) is 12.6 Å². The molecule has 0 bridgehead atoms. The van der Waals surface area contributed by atoms with Crippen LogP contribution in [0.25, 0.3) is 0 Å². The lowest BCUT2D eigenvalue weighted by molar-refractivity contribution is -0.137. The Kier molecular flexibility index (Phi) is 3.71. The molecule has 100 valence electrons. The van der Waals surface area contributed by atoms with Crippen LogP contribution in [0.2, 0.25) is 0 Å². The lowest BCUT2D eigenvalue weighted by Gasteiger charge is -2.09. The summed E-state index contributed by atoms with van der Waals surface area (Å²) in [7, 11) is 0. The maximum absolute atomic E-state index is 13.5. The number of hydrogen-bond donors (Lipinski definition) is 0. The van der Waals surface area contributed by atoms with Crippen molar-refractivity contribution >= 4 is 17.1 Å². The molecule has 19 heavy (non-hydrogen) atoms. The van der Waals surface area contributed by atoms with Crippen LogP contribution in [0.1, 0.15) is 21.5 Å². The third kappa shape index (κ3) is 3.20. The third-order valence-electron chi connectivity index (χ3n) is 2.54. The summed E-state index contributed by atoms with van der Waals surface area (Å²) in [5.41, 5.74) is -0.893. The fourth-order valence-electron chi connectivity index (χ4n) is 1.59. The zero-order valence-corrected chi connectivity index (χ0v) is 10.3. The van der Waals surface area contributed by atoms with E-state index >= 15 is 0 Å². The number of alkyl halides is 3. The molecule has 0 spiro atoms. The molecule has 0 atom stereocenters. The molecule has 1 aromatic heterocycles. The molecule has 0 aliphatic carbocycles. The van der Waals surface area contributed by atoms with E-state index in [1.54, 1.807) is 16.8 Å². The predicted octanol–water partition coefficient (Wildman–Crippen LogP) is 4.33. The second kappa shape index (κ2) is 5.13. The zero-order chi connectivity index (χ0) is 14.0. The molecule has 1 aromatic carbocycles. The molecule has 2 rings (SSSR count). The highest BCUT2D eigenvalue weighted by Crippen LogP contribution is 2.30. The predicted molar refractivity (Wildman–Crippen MR) is 63.8 cm³/mol. The molecule has 6 heteroatoms. The lowest BCUT2D eigenvalue weighted by Crippen LogP contribution is -2.10. The molecule has 0 aliphatic heterocycles. The van der Waals surface area contributed by atoms with Crippen molar-refractivity contribution in [1.29, 1.82) is 0 Å². The first-order valence-electron chi connectivity index (χ1n) is 5.29. The Morgan fingerprint density at radius 3 is 2.53 bits per heavy atom. The Hall–Kier alpha value is -1.69. The number of carbonyl (C=O) groups excluding carboxylic acids is 1. The van der Waals surface area contributed by atoms with Gasteiger partial charge in [0.1, 0.15) is 5.82 Å². The number of thiophene rings is 1. The van der Waals surface area contributed by atoms with Crippen LogP contribution >= 0.6 is 11.3 Å². The van der Waals surface area contributed by atoms with Crippen LogP contribution in [0.5, 0.6) is 0 Å². The number of hydrogen-bond acceptors (Lipinski definition) is 2. The minimum Gasteiger partial charge on any atom is -0.294 e. The van der Waals surface area contributed by atoms with Gasteiger partial charge in [-0.15, -0.1) is 0 Å². The summed E-state index contributed by atoms with van der Waals surface area (Å²) in [6, 6.07) is 3.53. The Labute approximate surface area is 110 Å². The van der Waals surface area contributed by atoms with Gasteiger partial charge in [-0.2, -0.15) is 24.5 Å². The van der Waals surface area contributed by atoms with Gasteiger partial charge in [-0.05, 0) is 40.6 Å². The average Bonchev–Trinajstić information content (AvgIpc) is 2.80. The largest absolute Gasteiger partial charge is 0.416 e. The van der Waals surface area contributed by atoms with Crippen molar-refractivity contribution in [3.05, 3.63) is 57.5 Å². The van der Waals surface area contributed by atoms with Gasteiger partial charge in [0.2, 0.25) is 0 Å². The van der Waals surface area contributed by atoms with E-state index in [1.165, 1.54) is 11.3 Å². The minimum atomic E-state index is -4.59. The monoisotopic (exact) mass is 288 g/mol. The second-order valence-corrected chi connectivity index (χ2v) is 4.70. The Morgan fingerprint density at radius 2 is 1.95 bits per heavy atom. The van der Waals surface area contributed by atoms with E-state index in [2.05, 4.69) is 0 Å². The van der Waals surface area contributed by atoms with Crippen LogP contribution in [0.15, 0.2) is 35.0 Å². The van der Waals surface area contributed by atoms with Gasteiger partial charge in [-0.3, -0.25) is 4.79 Å². The van der Waals surface area contributed by atoms with E-state index in [0.717, 1.165) is 0 Å². The zero-order valence-electron chi connectivity index (χ0n) is 9.50. The van der Waals surface area contributed by atoms with E-state index in [4.69, 9.17) is 0 Å². The molecular formula is C13H8F4OS. The van der Waals surface area contributed by atoms with Crippen LogP contribution in [-0.4, -0.2) is 5.78 Å². The van der Waals surface area contributed by atoms with Crippen molar-refractivity contribution in [3.8, 4) is 0 Å². The normalized spacial score (nSPS) is 11.6. The van der Waals surface area contributed by atoms with Crippen LogP contribution in [0, 0.1) is 5.82 Å². The van der Waals surface area contributed by atoms with Crippen molar-refractivity contribution in [1.82, 2.24) is 0 Å². The number of rotatable bonds is 3. The van der Waals surface area contributed by atoms with Crippen LogP contribution in [0.3, 0.4) is 0 Å². The maximum Gasteiger partial charge on any atom is 0.416 e. The fraction of sp³-hybridized carbons (Fsp3) is 0.154. The minimum absolute atomic E-state index is 0.109. The summed E-state index contributed by atoms with van der Waals surface area (Å²) in [5, 5.41) is 3.44. The molecule has 0 aliphatic rings. The van der Waals surface area contributed by atoms with Gasteiger partial charge >= 0.3 is 6.18 Å². The number of ketones is 1. The number of carbonyl (C=O) groups is 1. The number of benzene rings is 1. The molecular weight excluding hydrogens is 280 g/mol. The molecule has 0 saturated heterocycles. The van der Waals surface area contributed by atoms with E-state index in [0.29, 0.717) is 23.8 Å². The third-order valence-corrected chi connectivity index (χ3v) is 3.27. The van der Waals surface area contributed by atoms with Gasteiger partial charge in [0, 0.05) is 6.42 Å². The fourth-order valence-corrected chi connectivity index (χ4v) is 2.26. The van der Waals surface area contributed by atoms with Crippen molar-refractivity contribution in [2.75, 3.05) is 0 Å². The molecule has 0 N–H and O–H groups in total. The summed E-state index contributed by atoms with van der Waals surface area (Å²) in [4.78, 5) is 11.8. The summed E-state index contributed by atoms with van der Waals surface area (Å²) in [6.07, 6.45) is -4.70. The van der Waals surface area contributed by atoms with Gasteiger partial charge in [-0.25, -0.2) is 4.39 Å². The van der Waals surface area contributed by atoms with Crippen LogP contribution in [0.4, 0.5) is 17.6 Å². The Balaban J connectivity index is 2.31. The second-order valence-electron chi connectivity index (χ2n) is 3.92. The van der Waals surface area contributed by atoms with Crippen molar-refractivity contribution in [2.45, 2.75) is 12.6 Å². The van der Waals surface area contributed by atoms with Gasteiger partial charge in [0.25, 0.3) is 0 Å². The molecule has 2 aromatic rings. The first-order valence-corrected chi connectivity index (χ1v) is 6.23. The van der Waals surface area contributed by atoms with Crippen molar-refractivity contribution in [2.24, 2.45) is 0 Å². The van der Waals surface area contributed by atoms with Gasteiger partial charge in [-0.1, -0.05) is 0 Å². The first-order chi connectivity index (χ1) is 8.88. The van der Waals surface area contributed by atoms with Crippen molar-refractivity contribution < 1.29 is 22.4 Å². The quantitative estimate of drug-likeness (QED) is 0.607. The Bertz CT molecular complexity index is 587. The van der Waals surface area contributed by atoms with Gasteiger partial charge < -0.3 is 0 Å². The van der Waals surface area contributed by atoms with Crippen LogP contribution < -0.4 is 0 Å².